The van der Waals surface area contributed by atoms with Crippen molar-refractivity contribution in [3.05, 3.63) is 0 Å². The molecule has 1 unspecified atom stereocenters. The highest BCUT2D eigenvalue weighted by molar-refractivity contribution is 7.53. The summed E-state index contributed by atoms with van der Waals surface area (Å²) < 4.78 is 20.0. The van der Waals surface area contributed by atoms with Gasteiger partial charge in [-0.25, -0.2) is 4.57 Å². The Morgan fingerprint density at radius 2 is 1.81 bits per heavy atom. The van der Waals surface area contributed by atoms with Gasteiger partial charge in [0.25, 0.3) is 0 Å². The molecule has 7 heteroatoms. The number of methoxy groups -OCH3 is 1. The van der Waals surface area contributed by atoms with E-state index in [-0.39, 0.29) is 25.4 Å². The number of esters is 1. The first-order chi connectivity index (χ1) is 7.41. The summed E-state index contributed by atoms with van der Waals surface area (Å²) in [6, 6.07) is 0. The SMILES string of the molecule is CCCP(=O)(O)OC(=O)CCCC(=O)OC. The van der Waals surface area contributed by atoms with Crippen LogP contribution in [0.1, 0.15) is 32.6 Å². The van der Waals surface area contributed by atoms with Crippen molar-refractivity contribution in [1.29, 1.82) is 0 Å². The molecule has 0 heterocycles. The smallest absolute Gasteiger partial charge is 0.378 e. The molecule has 0 radical (unpaired) electrons. The molecule has 0 saturated carbocycles. The lowest BCUT2D eigenvalue weighted by Crippen LogP contribution is -2.06. The third-order valence-electron chi connectivity index (χ3n) is 1.74. The van der Waals surface area contributed by atoms with E-state index in [1.165, 1.54) is 7.11 Å². The van der Waals surface area contributed by atoms with Gasteiger partial charge >= 0.3 is 19.5 Å². The number of carbonyl (C=O) groups is 2. The first kappa shape index (κ1) is 15.1. The average molecular weight is 252 g/mol. The first-order valence-electron chi connectivity index (χ1n) is 5.02. The van der Waals surface area contributed by atoms with Gasteiger partial charge in [-0.2, -0.15) is 0 Å². The molecule has 0 aliphatic carbocycles. The molecular weight excluding hydrogens is 235 g/mol. The van der Waals surface area contributed by atoms with Crippen molar-refractivity contribution in [1.82, 2.24) is 0 Å². The lowest BCUT2D eigenvalue weighted by Gasteiger charge is -2.10. The summed E-state index contributed by atoms with van der Waals surface area (Å²) in [7, 11) is -2.53. The molecule has 1 atom stereocenters. The lowest BCUT2D eigenvalue weighted by atomic mass is 10.2. The van der Waals surface area contributed by atoms with Crippen LogP contribution in [0.5, 0.6) is 0 Å². The van der Waals surface area contributed by atoms with E-state index >= 15 is 0 Å². The maximum atomic E-state index is 11.2. The zero-order chi connectivity index (χ0) is 12.6. The number of carbonyl (C=O) groups excluding carboxylic acids is 2. The zero-order valence-corrected chi connectivity index (χ0v) is 10.4. The van der Waals surface area contributed by atoms with E-state index in [0.717, 1.165) is 0 Å². The Hall–Kier alpha value is -0.870. The van der Waals surface area contributed by atoms with E-state index in [9.17, 15) is 14.2 Å². The highest BCUT2D eigenvalue weighted by Gasteiger charge is 2.22. The van der Waals surface area contributed by atoms with Crippen molar-refractivity contribution in [2.24, 2.45) is 0 Å². The molecule has 0 spiro atoms. The van der Waals surface area contributed by atoms with Crippen LogP contribution in [0.25, 0.3) is 0 Å². The van der Waals surface area contributed by atoms with E-state index in [0.29, 0.717) is 6.42 Å². The summed E-state index contributed by atoms with van der Waals surface area (Å²) in [4.78, 5) is 31.0. The van der Waals surface area contributed by atoms with Crippen LogP contribution in [0, 0.1) is 0 Å². The average Bonchev–Trinajstić information content (AvgIpc) is 2.16. The van der Waals surface area contributed by atoms with Gasteiger partial charge in [0.2, 0.25) is 0 Å². The second kappa shape index (κ2) is 7.41. The molecular formula is C9H17O6P. The fraction of sp³-hybridized carbons (Fsp3) is 0.778. The largest absolute Gasteiger partial charge is 0.469 e. The molecule has 0 amide bonds. The van der Waals surface area contributed by atoms with Crippen molar-refractivity contribution in [3.63, 3.8) is 0 Å². The molecule has 0 aromatic carbocycles. The zero-order valence-electron chi connectivity index (χ0n) is 9.47. The van der Waals surface area contributed by atoms with Crippen molar-refractivity contribution < 1.29 is 28.3 Å². The maximum absolute atomic E-state index is 11.2. The quantitative estimate of drug-likeness (QED) is 0.545. The fourth-order valence-electron chi connectivity index (χ4n) is 1.01. The minimum absolute atomic E-state index is 0.0459. The molecule has 0 saturated heterocycles. The van der Waals surface area contributed by atoms with Crippen LogP contribution in [0.3, 0.4) is 0 Å². The van der Waals surface area contributed by atoms with Crippen molar-refractivity contribution in [3.8, 4) is 0 Å². The Balaban J connectivity index is 3.82. The van der Waals surface area contributed by atoms with Gasteiger partial charge in [-0.1, -0.05) is 6.92 Å². The predicted octanol–water partition coefficient (Wildman–Crippen LogP) is 1.47. The highest BCUT2D eigenvalue weighted by Crippen LogP contribution is 2.42. The van der Waals surface area contributed by atoms with Gasteiger partial charge in [-0.05, 0) is 12.8 Å². The van der Waals surface area contributed by atoms with Gasteiger partial charge in [0.15, 0.2) is 0 Å². The summed E-state index contributed by atoms with van der Waals surface area (Å²) >= 11 is 0. The van der Waals surface area contributed by atoms with Gasteiger partial charge in [-0.3, -0.25) is 9.59 Å². The predicted molar refractivity (Wildman–Crippen MR) is 56.9 cm³/mol. The van der Waals surface area contributed by atoms with Crippen LogP contribution in [0.4, 0.5) is 0 Å². The number of ether oxygens (including phenoxy) is 1. The molecule has 0 aromatic rings. The summed E-state index contributed by atoms with van der Waals surface area (Å²) in [5.74, 6) is -1.18. The Labute approximate surface area is 94.5 Å². The molecule has 0 aliphatic rings. The second-order valence-electron chi connectivity index (χ2n) is 3.25. The number of hydrogen-bond donors (Lipinski definition) is 1. The van der Waals surface area contributed by atoms with Crippen LogP contribution in [-0.4, -0.2) is 30.1 Å². The Morgan fingerprint density at radius 1 is 1.25 bits per heavy atom. The van der Waals surface area contributed by atoms with Crippen LogP contribution >= 0.6 is 7.60 Å². The molecule has 0 fully saturated rings. The van der Waals surface area contributed by atoms with Crippen LogP contribution < -0.4 is 0 Å². The van der Waals surface area contributed by atoms with E-state index in [2.05, 4.69) is 9.26 Å². The van der Waals surface area contributed by atoms with Crippen molar-refractivity contribution in [2.45, 2.75) is 32.6 Å². The third-order valence-corrected chi connectivity index (χ3v) is 3.24. The van der Waals surface area contributed by atoms with Crippen molar-refractivity contribution in [2.75, 3.05) is 13.3 Å². The third kappa shape index (κ3) is 7.43. The van der Waals surface area contributed by atoms with Gasteiger partial charge in [-0.15, -0.1) is 0 Å². The number of rotatable bonds is 7. The Kier molecular flexibility index (Phi) is 7.01. The summed E-state index contributed by atoms with van der Waals surface area (Å²) in [5, 5.41) is 0. The monoisotopic (exact) mass is 252 g/mol. The second-order valence-corrected chi connectivity index (χ2v) is 5.16. The molecule has 94 valence electrons. The minimum atomic E-state index is -3.79. The lowest BCUT2D eigenvalue weighted by molar-refractivity contribution is -0.141. The highest BCUT2D eigenvalue weighted by atomic mass is 31.2. The van der Waals surface area contributed by atoms with Gasteiger partial charge < -0.3 is 14.2 Å². The number of hydrogen-bond acceptors (Lipinski definition) is 5. The molecule has 0 aliphatic heterocycles. The van der Waals surface area contributed by atoms with E-state index in [1.54, 1.807) is 6.92 Å². The summed E-state index contributed by atoms with van der Waals surface area (Å²) in [6.07, 6.45) is 0.690. The molecule has 0 bridgehead atoms. The van der Waals surface area contributed by atoms with Gasteiger partial charge in [0.05, 0.1) is 13.3 Å². The Bertz CT molecular complexity index is 288. The fourth-order valence-corrected chi connectivity index (χ4v) is 2.08. The topological polar surface area (TPSA) is 89.9 Å². The van der Waals surface area contributed by atoms with Crippen LogP contribution in [-0.2, 0) is 23.4 Å². The standard InChI is InChI=1S/C9H17O6P/c1-3-7-16(12,13)15-9(11)6-4-5-8(10)14-2/h3-7H2,1-2H3,(H,12,13). The normalized spacial score (nSPS) is 13.9. The maximum Gasteiger partial charge on any atom is 0.378 e. The Morgan fingerprint density at radius 3 is 2.31 bits per heavy atom. The first-order valence-corrected chi connectivity index (χ1v) is 6.78. The molecule has 1 N–H and O–H groups in total. The van der Waals surface area contributed by atoms with Gasteiger partial charge in [0, 0.05) is 12.8 Å². The van der Waals surface area contributed by atoms with Crippen LogP contribution in [0.15, 0.2) is 0 Å². The molecule has 6 nitrogen and oxygen atoms in total. The van der Waals surface area contributed by atoms with E-state index < -0.39 is 19.5 Å². The summed E-state index contributed by atoms with van der Waals surface area (Å²) in [6.45, 7) is 1.72. The van der Waals surface area contributed by atoms with Gasteiger partial charge in [0.1, 0.15) is 0 Å². The molecule has 0 rings (SSSR count). The molecule has 16 heavy (non-hydrogen) atoms. The van der Waals surface area contributed by atoms with Crippen LogP contribution in [0.2, 0.25) is 0 Å². The molecule has 0 aromatic heterocycles. The van der Waals surface area contributed by atoms with E-state index in [1.807, 2.05) is 0 Å². The van der Waals surface area contributed by atoms with E-state index in [4.69, 9.17) is 4.89 Å². The van der Waals surface area contributed by atoms with Crippen molar-refractivity contribution >= 4 is 19.5 Å². The summed E-state index contributed by atoms with van der Waals surface area (Å²) in [5.41, 5.74) is 0. The minimum Gasteiger partial charge on any atom is -0.469 e.